The Morgan fingerprint density at radius 2 is 2.67 bits per heavy atom. The van der Waals surface area contributed by atoms with E-state index in [0.29, 0.717) is 5.82 Å². The Morgan fingerprint density at radius 1 is 1.92 bits per heavy atom. The van der Waals surface area contributed by atoms with E-state index >= 15 is 0 Å². The summed E-state index contributed by atoms with van der Waals surface area (Å²) in [4.78, 5) is 11.7. The number of thioether (sulfide) groups is 1. The molecule has 12 heavy (non-hydrogen) atoms. The van der Waals surface area contributed by atoms with Crippen LogP contribution in [0.2, 0.25) is 0 Å². The van der Waals surface area contributed by atoms with Crippen LogP contribution in [0.5, 0.6) is 0 Å². The highest BCUT2D eigenvalue weighted by molar-refractivity contribution is 8.07. The molecule has 0 spiro atoms. The summed E-state index contributed by atoms with van der Waals surface area (Å²) in [5, 5.41) is 0. The average Bonchev–Trinajstić information content (AvgIpc) is 2.52. The summed E-state index contributed by atoms with van der Waals surface area (Å²) >= 11 is 1.54. The SMILES string of the molecule is C=C(SC)c1[nH]cnc1N=CN. The number of nitrogens with one attached hydrogen (secondary N) is 1. The minimum Gasteiger partial charge on any atom is -0.390 e. The molecule has 5 heteroatoms. The predicted molar refractivity (Wildman–Crippen MR) is 53.5 cm³/mol. The van der Waals surface area contributed by atoms with E-state index in [2.05, 4.69) is 21.5 Å². The van der Waals surface area contributed by atoms with Gasteiger partial charge in [-0.2, -0.15) is 0 Å². The van der Waals surface area contributed by atoms with E-state index in [1.165, 1.54) is 6.34 Å². The Bertz CT molecular complexity index is 302. The number of nitrogens with zero attached hydrogens (tertiary/aromatic N) is 2. The molecular weight excluding hydrogens is 172 g/mol. The summed E-state index contributed by atoms with van der Waals surface area (Å²) in [6.07, 6.45) is 4.73. The van der Waals surface area contributed by atoms with E-state index in [-0.39, 0.29) is 0 Å². The predicted octanol–water partition coefficient (Wildman–Crippen LogP) is 1.36. The number of hydrogen-bond donors (Lipinski definition) is 2. The molecule has 1 aromatic heterocycles. The Balaban J connectivity index is 2.98. The van der Waals surface area contributed by atoms with Crippen molar-refractivity contribution in [3.05, 3.63) is 18.6 Å². The molecule has 0 unspecified atom stereocenters. The monoisotopic (exact) mass is 182 g/mol. The zero-order valence-electron chi connectivity index (χ0n) is 6.74. The number of aromatic amines is 1. The van der Waals surface area contributed by atoms with Crippen LogP contribution in [-0.2, 0) is 0 Å². The second-order valence-corrected chi connectivity index (χ2v) is 2.91. The van der Waals surface area contributed by atoms with Crippen molar-refractivity contribution in [2.24, 2.45) is 10.7 Å². The lowest BCUT2D eigenvalue weighted by Gasteiger charge is -1.97. The van der Waals surface area contributed by atoms with Gasteiger partial charge in [-0.25, -0.2) is 9.98 Å². The first kappa shape index (κ1) is 8.86. The van der Waals surface area contributed by atoms with E-state index in [1.807, 2.05) is 6.26 Å². The average molecular weight is 182 g/mol. The van der Waals surface area contributed by atoms with Gasteiger partial charge >= 0.3 is 0 Å². The van der Waals surface area contributed by atoms with Gasteiger partial charge in [-0.1, -0.05) is 6.58 Å². The molecule has 0 bridgehead atoms. The minimum atomic E-state index is 0.580. The first-order valence-electron chi connectivity index (χ1n) is 3.30. The molecule has 1 heterocycles. The summed E-state index contributed by atoms with van der Waals surface area (Å²) < 4.78 is 0. The molecule has 0 radical (unpaired) electrons. The molecule has 0 aromatic carbocycles. The second kappa shape index (κ2) is 3.96. The Morgan fingerprint density at radius 3 is 3.25 bits per heavy atom. The largest absolute Gasteiger partial charge is 0.390 e. The normalized spacial score (nSPS) is 10.8. The van der Waals surface area contributed by atoms with E-state index in [1.54, 1.807) is 18.1 Å². The van der Waals surface area contributed by atoms with E-state index in [4.69, 9.17) is 5.73 Å². The third-order valence-electron chi connectivity index (χ3n) is 1.34. The molecule has 0 atom stereocenters. The molecule has 0 saturated carbocycles. The first-order chi connectivity index (χ1) is 5.79. The molecule has 64 valence electrons. The third-order valence-corrected chi connectivity index (χ3v) is 2.04. The Hall–Kier alpha value is -1.23. The lowest BCUT2D eigenvalue weighted by molar-refractivity contribution is 1.30. The summed E-state index contributed by atoms with van der Waals surface area (Å²) in [5.41, 5.74) is 5.97. The number of aliphatic imine (C=N–C) groups is 1. The van der Waals surface area contributed by atoms with Crippen LogP contribution in [0.1, 0.15) is 5.69 Å². The summed E-state index contributed by atoms with van der Waals surface area (Å²) in [5.74, 6) is 0.580. The fourth-order valence-electron chi connectivity index (χ4n) is 0.763. The zero-order chi connectivity index (χ0) is 8.97. The Labute approximate surface area is 75.0 Å². The van der Waals surface area contributed by atoms with Gasteiger partial charge in [0.1, 0.15) is 0 Å². The summed E-state index contributed by atoms with van der Waals surface area (Å²) in [6.45, 7) is 3.84. The molecule has 1 rings (SSSR count). The fraction of sp³-hybridized carbons (Fsp3) is 0.143. The van der Waals surface area contributed by atoms with Crippen molar-refractivity contribution in [3.8, 4) is 0 Å². The highest BCUT2D eigenvalue weighted by atomic mass is 32.2. The van der Waals surface area contributed by atoms with Crippen molar-refractivity contribution in [3.63, 3.8) is 0 Å². The van der Waals surface area contributed by atoms with Crippen LogP contribution in [0, 0.1) is 0 Å². The molecule has 0 saturated heterocycles. The number of H-pyrrole nitrogens is 1. The number of aromatic nitrogens is 2. The lowest BCUT2D eigenvalue weighted by Crippen LogP contribution is -1.87. The summed E-state index contributed by atoms with van der Waals surface area (Å²) in [7, 11) is 0. The van der Waals surface area contributed by atoms with E-state index in [9.17, 15) is 0 Å². The lowest BCUT2D eigenvalue weighted by atomic mass is 10.4. The second-order valence-electron chi connectivity index (χ2n) is 2.01. The molecule has 0 aliphatic heterocycles. The van der Waals surface area contributed by atoms with Gasteiger partial charge in [0.25, 0.3) is 0 Å². The smallest absolute Gasteiger partial charge is 0.179 e. The summed E-state index contributed by atoms with van der Waals surface area (Å²) in [6, 6.07) is 0. The van der Waals surface area contributed by atoms with Crippen LogP contribution in [0.3, 0.4) is 0 Å². The zero-order valence-corrected chi connectivity index (χ0v) is 7.56. The van der Waals surface area contributed by atoms with Gasteiger partial charge in [-0.3, -0.25) is 0 Å². The van der Waals surface area contributed by atoms with Gasteiger partial charge in [-0.15, -0.1) is 11.8 Å². The number of imidazole rings is 1. The van der Waals surface area contributed by atoms with Crippen LogP contribution >= 0.6 is 11.8 Å². The molecule has 3 N–H and O–H groups in total. The van der Waals surface area contributed by atoms with Crippen LogP contribution in [0.15, 0.2) is 17.9 Å². The highest BCUT2D eigenvalue weighted by Gasteiger charge is 2.05. The van der Waals surface area contributed by atoms with Gasteiger partial charge in [0.2, 0.25) is 0 Å². The van der Waals surface area contributed by atoms with E-state index in [0.717, 1.165) is 10.6 Å². The van der Waals surface area contributed by atoms with Crippen molar-refractivity contribution >= 4 is 28.8 Å². The Kier molecular flexibility index (Phi) is 2.93. The minimum absolute atomic E-state index is 0.580. The topological polar surface area (TPSA) is 67.1 Å². The van der Waals surface area contributed by atoms with Gasteiger partial charge in [0.05, 0.1) is 18.4 Å². The van der Waals surface area contributed by atoms with Crippen molar-refractivity contribution < 1.29 is 0 Å². The molecule has 0 amide bonds. The number of hydrogen-bond acceptors (Lipinski definition) is 3. The van der Waals surface area contributed by atoms with Crippen molar-refractivity contribution in [1.82, 2.24) is 9.97 Å². The van der Waals surface area contributed by atoms with E-state index < -0.39 is 0 Å². The molecule has 0 fully saturated rings. The molecule has 0 aliphatic carbocycles. The van der Waals surface area contributed by atoms with Crippen LogP contribution in [0.4, 0.5) is 5.82 Å². The fourth-order valence-corrected chi connectivity index (χ4v) is 1.12. The van der Waals surface area contributed by atoms with Gasteiger partial charge in [0.15, 0.2) is 5.82 Å². The van der Waals surface area contributed by atoms with Crippen LogP contribution in [-0.4, -0.2) is 22.6 Å². The molecular formula is C7H10N4S. The van der Waals surface area contributed by atoms with Crippen LogP contribution < -0.4 is 5.73 Å². The maximum Gasteiger partial charge on any atom is 0.179 e. The highest BCUT2D eigenvalue weighted by Crippen LogP contribution is 2.27. The number of nitrogens with two attached hydrogens (primary N) is 1. The maximum atomic E-state index is 5.15. The van der Waals surface area contributed by atoms with Gasteiger partial charge in [0, 0.05) is 4.91 Å². The molecule has 1 aromatic rings. The standard InChI is InChI=1S/C7H10N4S/c1-5(12-2)6-7(9-3-8)11-4-10-6/h3-4H,1H2,2H3,(H2,8,9)(H,10,11). The maximum absolute atomic E-state index is 5.15. The quantitative estimate of drug-likeness (QED) is 0.548. The van der Waals surface area contributed by atoms with Crippen molar-refractivity contribution in [2.45, 2.75) is 0 Å². The number of rotatable bonds is 3. The van der Waals surface area contributed by atoms with Gasteiger partial charge < -0.3 is 10.7 Å². The molecule has 4 nitrogen and oxygen atoms in total. The van der Waals surface area contributed by atoms with Crippen molar-refractivity contribution in [2.75, 3.05) is 6.26 Å². The first-order valence-corrected chi connectivity index (χ1v) is 4.53. The van der Waals surface area contributed by atoms with Gasteiger partial charge in [-0.05, 0) is 6.26 Å². The molecule has 0 aliphatic rings. The third kappa shape index (κ3) is 1.68. The van der Waals surface area contributed by atoms with Crippen molar-refractivity contribution in [1.29, 1.82) is 0 Å². The van der Waals surface area contributed by atoms with Crippen LogP contribution in [0.25, 0.3) is 4.91 Å².